The summed E-state index contributed by atoms with van der Waals surface area (Å²) in [6.45, 7) is 3.55. The molecule has 2 heterocycles. The summed E-state index contributed by atoms with van der Waals surface area (Å²) >= 11 is 0. The summed E-state index contributed by atoms with van der Waals surface area (Å²) in [6, 6.07) is 2.20. The molecule has 1 saturated heterocycles. The molecule has 0 bridgehead atoms. The number of ether oxygens (including phenoxy) is 1. The highest BCUT2D eigenvalue weighted by atomic mass is 19.4. The first-order chi connectivity index (χ1) is 11.3. The summed E-state index contributed by atoms with van der Waals surface area (Å²) in [5.74, 6) is -1.03. The van der Waals surface area contributed by atoms with E-state index in [1.54, 1.807) is 4.90 Å². The van der Waals surface area contributed by atoms with Gasteiger partial charge in [-0.25, -0.2) is 4.98 Å². The lowest BCUT2D eigenvalue weighted by molar-refractivity contribution is -0.305. The number of carbonyl (C=O) groups excluding carboxylic acids is 1. The Morgan fingerprint density at radius 1 is 1.36 bits per heavy atom. The van der Waals surface area contributed by atoms with E-state index in [0.29, 0.717) is 38.1 Å². The van der Waals surface area contributed by atoms with E-state index in [-0.39, 0.29) is 30.9 Å². The molecule has 1 aromatic rings. The molecule has 2 rings (SSSR count). The molecule has 4 N–H and O–H groups in total. The summed E-state index contributed by atoms with van der Waals surface area (Å²) in [5, 5.41) is 10.7. The van der Waals surface area contributed by atoms with Gasteiger partial charge in [0, 0.05) is 25.7 Å². The molecule has 142 valence electrons. The zero-order valence-corrected chi connectivity index (χ0v) is 14.4. The van der Waals surface area contributed by atoms with Crippen molar-refractivity contribution in [1.82, 2.24) is 11.1 Å². The van der Waals surface area contributed by atoms with Crippen LogP contribution in [0.5, 0.6) is 0 Å². The summed E-state index contributed by atoms with van der Waals surface area (Å²) < 4.78 is 44.4. The van der Waals surface area contributed by atoms with E-state index in [1.165, 1.54) is 6.07 Å². The minimum atomic E-state index is -4.54. The van der Waals surface area contributed by atoms with Gasteiger partial charge in [0.05, 0.1) is 6.10 Å². The van der Waals surface area contributed by atoms with Crippen molar-refractivity contribution in [3.05, 3.63) is 23.4 Å². The molecular formula is C16H24F3N3O3. The van der Waals surface area contributed by atoms with E-state index < -0.39 is 17.8 Å². The number of piperidine rings is 1. The van der Waals surface area contributed by atoms with Crippen LogP contribution in [0.25, 0.3) is 0 Å². The number of alkyl halides is 3. The molecule has 1 fully saturated rings. The zero-order chi connectivity index (χ0) is 17.7. The van der Waals surface area contributed by atoms with Crippen LogP contribution in [0.15, 0.2) is 12.1 Å². The van der Waals surface area contributed by atoms with Gasteiger partial charge in [0.2, 0.25) is 0 Å². The molecule has 1 aliphatic rings. The maximum atomic E-state index is 12.9. The van der Waals surface area contributed by atoms with E-state index in [9.17, 15) is 23.1 Å². The average Bonchev–Trinajstić information content (AvgIpc) is 2.53. The first kappa shape index (κ1) is 21.2. The van der Waals surface area contributed by atoms with E-state index in [1.807, 2.05) is 6.92 Å². The number of quaternary nitrogens is 1. The van der Waals surface area contributed by atoms with Gasteiger partial charge in [-0.05, 0) is 44.2 Å². The molecule has 0 spiro atoms. The SMILES string of the molecule is CCOC1CCN(c2nc(C(F)(F)F)ccc2CCC(=O)[O-])CC1.[NH4+]. The van der Waals surface area contributed by atoms with Gasteiger partial charge in [0.1, 0.15) is 11.5 Å². The largest absolute Gasteiger partial charge is 0.550 e. The van der Waals surface area contributed by atoms with Gasteiger partial charge in [0.15, 0.2) is 0 Å². The molecule has 0 radical (unpaired) electrons. The Bertz CT molecular complexity index is 573. The van der Waals surface area contributed by atoms with Crippen LogP contribution in [0.1, 0.15) is 37.4 Å². The number of anilines is 1. The molecule has 9 heteroatoms. The molecule has 0 atom stereocenters. The van der Waals surface area contributed by atoms with E-state index in [0.717, 1.165) is 6.07 Å². The van der Waals surface area contributed by atoms with Crippen LogP contribution in [0, 0.1) is 0 Å². The number of carboxylic acids is 1. The Morgan fingerprint density at radius 3 is 2.52 bits per heavy atom. The van der Waals surface area contributed by atoms with Crippen LogP contribution in [-0.4, -0.2) is 36.8 Å². The third-order valence-electron chi connectivity index (χ3n) is 3.99. The maximum Gasteiger partial charge on any atom is 0.433 e. The van der Waals surface area contributed by atoms with Crippen LogP contribution in [0.4, 0.5) is 19.0 Å². The minimum absolute atomic E-state index is 0. The number of carbonyl (C=O) groups is 1. The number of pyridine rings is 1. The number of carboxylic acid groups (broad SMARTS) is 1. The first-order valence-corrected chi connectivity index (χ1v) is 7.94. The average molecular weight is 363 g/mol. The molecule has 1 aromatic heterocycles. The summed E-state index contributed by atoms with van der Waals surface area (Å²) in [7, 11) is 0. The van der Waals surface area contributed by atoms with Crippen LogP contribution in [0.2, 0.25) is 0 Å². The molecule has 25 heavy (non-hydrogen) atoms. The topological polar surface area (TPSA) is 102 Å². The van der Waals surface area contributed by atoms with E-state index in [4.69, 9.17) is 4.74 Å². The molecule has 0 aliphatic carbocycles. The fraction of sp³-hybridized carbons (Fsp3) is 0.625. The minimum Gasteiger partial charge on any atom is -0.550 e. The maximum absolute atomic E-state index is 12.9. The van der Waals surface area contributed by atoms with Gasteiger partial charge >= 0.3 is 6.18 Å². The van der Waals surface area contributed by atoms with Crippen LogP contribution < -0.4 is 16.2 Å². The van der Waals surface area contributed by atoms with Gasteiger partial charge in [0.25, 0.3) is 0 Å². The number of rotatable bonds is 6. The van der Waals surface area contributed by atoms with Crippen molar-refractivity contribution < 1.29 is 27.8 Å². The number of halogens is 3. The molecule has 0 unspecified atom stereocenters. The lowest BCUT2D eigenvalue weighted by Gasteiger charge is -2.34. The Kier molecular flexibility index (Phi) is 7.62. The van der Waals surface area contributed by atoms with Gasteiger partial charge in [-0.1, -0.05) is 6.07 Å². The predicted octanol–water partition coefficient (Wildman–Crippen LogP) is 2.16. The molecule has 6 nitrogen and oxygen atoms in total. The van der Waals surface area contributed by atoms with Crippen LogP contribution in [-0.2, 0) is 22.1 Å². The Balaban J connectivity index is 0.00000312. The molecular weight excluding hydrogens is 339 g/mol. The quantitative estimate of drug-likeness (QED) is 0.834. The van der Waals surface area contributed by atoms with Crippen molar-refractivity contribution in [2.75, 3.05) is 24.6 Å². The van der Waals surface area contributed by atoms with Gasteiger partial charge in [-0.3, -0.25) is 0 Å². The Labute approximate surface area is 144 Å². The van der Waals surface area contributed by atoms with Gasteiger partial charge in [-0.15, -0.1) is 0 Å². The summed E-state index contributed by atoms with van der Waals surface area (Å²) in [5.41, 5.74) is -0.483. The van der Waals surface area contributed by atoms with Crippen LogP contribution >= 0.6 is 0 Å². The predicted molar refractivity (Wildman–Crippen MR) is 85.4 cm³/mol. The zero-order valence-electron chi connectivity index (χ0n) is 14.4. The van der Waals surface area contributed by atoms with Crippen molar-refractivity contribution in [2.45, 2.75) is 44.9 Å². The highest BCUT2D eigenvalue weighted by Gasteiger charge is 2.34. The lowest BCUT2D eigenvalue weighted by Crippen LogP contribution is -2.38. The summed E-state index contributed by atoms with van der Waals surface area (Å²) in [4.78, 5) is 16.2. The molecule has 0 amide bonds. The van der Waals surface area contributed by atoms with Gasteiger partial charge in [-0.2, -0.15) is 13.2 Å². The highest BCUT2D eigenvalue weighted by molar-refractivity contribution is 5.65. The standard InChI is InChI=1S/C16H21F3N2O3.H3N/c1-2-24-12-7-9-21(10-8-12)15-11(4-6-14(22)23)3-5-13(20-15)16(17,18)19;/h3,5,12H,2,4,6-10H2,1H3,(H,22,23);1H3. The van der Waals surface area contributed by atoms with Crippen LogP contribution in [0.3, 0.4) is 0 Å². The van der Waals surface area contributed by atoms with Crippen molar-refractivity contribution in [3.8, 4) is 0 Å². The molecule has 0 aromatic carbocycles. The van der Waals surface area contributed by atoms with Crippen molar-refractivity contribution in [1.29, 1.82) is 0 Å². The van der Waals surface area contributed by atoms with Gasteiger partial charge < -0.3 is 25.7 Å². The van der Waals surface area contributed by atoms with E-state index >= 15 is 0 Å². The number of hydrogen-bond donors (Lipinski definition) is 1. The number of aliphatic carboxylic acids is 1. The first-order valence-electron chi connectivity index (χ1n) is 7.94. The van der Waals surface area contributed by atoms with Crippen molar-refractivity contribution in [2.24, 2.45) is 0 Å². The fourth-order valence-corrected chi connectivity index (χ4v) is 2.81. The smallest absolute Gasteiger partial charge is 0.433 e. The second-order valence-corrected chi connectivity index (χ2v) is 5.69. The summed E-state index contributed by atoms with van der Waals surface area (Å²) in [6.07, 6.45) is -3.20. The third-order valence-corrected chi connectivity index (χ3v) is 3.99. The lowest BCUT2D eigenvalue weighted by atomic mass is 10.0. The highest BCUT2D eigenvalue weighted by Crippen LogP contribution is 2.32. The monoisotopic (exact) mass is 363 g/mol. The normalized spacial score (nSPS) is 15.8. The van der Waals surface area contributed by atoms with E-state index in [2.05, 4.69) is 4.98 Å². The number of nitrogens with zero attached hydrogens (tertiary/aromatic N) is 2. The Morgan fingerprint density at radius 2 is 2.00 bits per heavy atom. The molecule has 1 aliphatic heterocycles. The van der Waals surface area contributed by atoms with Crippen molar-refractivity contribution >= 4 is 11.8 Å². The second-order valence-electron chi connectivity index (χ2n) is 5.69. The fourth-order valence-electron chi connectivity index (χ4n) is 2.81. The number of aromatic nitrogens is 1. The third kappa shape index (κ3) is 5.86. The number of hydrogen-bond acceptors (Lipinski definition) is 5. The van der Waals surface area contributed by atoms with Crippen molar-refractivity contribution in [3.63, 3.8) is 0 Å². The second kappa shape index (κ2) is 9.00. The molecule has 0 saturated carbocycles. The Hall–Kier alpha value is -1.87. The number of aryl methyl sites for hydroxylation is 1.